The minimum Gasteiger partial charge on any atom is -0.497 e. The summed E-state index contributed by atoms with van der Waals surface area (Å²) in [7, 11) is 1.51. The quantitative estimate of drug-likeness (QED) is 0.329. The Bertz CT molecular complexity index is 983. The second-order valence-corrected chi connectivity index (χ2v) is 7.27. The molecular weight excluding hydrogens is 385 g/mol. The van der Waals surface area contributed by atoms with Gasteiger partial charge < -0.3 is 15.6 Å². The number of halogens is 1. The maximum absolute atomic E-state index is 14.4. The molecule has 0 amide bonds. The number of hydrazine groups is 1. The number of nitrogens with two attached hydrogens (primary N) is 2. The van der Waals surface area contributed by atoms with Crippen molar-refractivity contribution < 1.29 is 19.0 Å². The molecule has 1 saturated carbocycles. The molecule has 0 bridgehead atoms. The predicted octanol–water partition coefficient (Wildman–Crippen LogP) is 3.83. The van der Waals surface area contributed by atoms with Gasteiger partial charge in [0.2, 0.25) is 0 Å². The van der Waals surface area contributed by atoms with E-state index < -0.39 is 11.8 Å². The number of nitrogens with zero attached hydrogens (tertiary/aromatic N) is 1. The van der Waals surface area contributed by atoms with Crippen molar-refractivity contribution in [2.75, 3.05) is 12.1 Å². The zero-order valence-electron chi connectivity index (χ0n) is 16.8. The van der Waals surface area contributed by atoms with Crippen LogP contribution in [-0.4, -0.2) is 18.2 Å². The smallest absolute Gasteiger partial charge is 0.303 e. The lowest BCUT2D eigenvalue weighted by Crippen LogP contribution is -2.34. The molecule has 0 saturated heterocycles. The summed E-state index contributed by atoms with van der Waals surface area (Å²) < 4.78 is 19.6. The van der Waals surface area contributed by atoms with Crippen LogP contribution in [0.15, 0.2) is 59.9 Å². The van der Waals surface area contributed by atoms with Gasteiger partial charge in [0.1, 0.15) is 11.6 Å². The van der Waals surface area contributed by atoms with Crippen molar-refractivity contribution in [1.29, 1.82) is 0 Å². The molecule has 2 aromatic carbocycles. The molecule has 0 heterocycles. The molecule has 30 heavy (non-hydrogen) atoms. The number of rotatable bonds is 9. The summed E-state index contributed by atoms with van der Waals surface area (Å²) in [6, 6.07) is 12.0. The van der Waals surface area contributed by atoms with Crippen LogP contribution < -0.4 is 21.3 Å². The number of anilines is 1. The number of carbonyl (C=O) groups is 1. The number of methoxy groups -OCH3 is 1. The Hall–Kier alpha value is -3.32. The maximum Gasteiger partial charge on any atom is 0.303 e. The third kappa shape index (κ3) is 5.39. The molecule has 0 atom stereocenters. The van der Waals surface area contributed by atoms with E-state index in [0.29, 0.717) is 23.6 Å². The maximum atomic E-state index is 14.4. The van der Waals surface area contributed by atoms with Crippen LogP contribution in [-0.2, 0) is 11.2 Å². The number of hydrogen-bond acceptors (Lipinski definition) is 5. The van der Waals surface area contributed by atoms with E-state index in [9.17, 15) is 9.18 Å². The summed E-state index contributed by atoms with van der Waals surface area (Å²) in [5, 5.41) is 10.2. The molecule has 2 aromatic rings. The third-order valence-electron chi connectivity index (χ3n) is 4.97. The van der Waals surface area contributed by atoms with Gasteiger partial charge in [0, 0.05) is 18.4 Å². The molecule has 0 spiro atoms. The highest BCUT2D eigenvalue weighted by Crippen LogP contribution is 2.40. The minimum atomic E-state index is -0.829. The lowest BCUT2D eigenvalue weighted by molar-refractivity contribution is -0.136. The van der Waals surface area contributed by atoms with Gasteiger partial charge in [0.15, 0.2) is 0 Å². The minimum absolute atomic E-state index is 0.0786. The van der Waals surface area contributed by atoms with Crippen LogP contribution in [0.4, 0.5) is 10.1 Å². The Labute approximate surface area is 175 Å². The molecule has 1 aliphatic rings. The van der Waals surface area contributed by atoms with Crippen LogP contribution in [0.5, 0.6) is 5.75 Å². The zero-order valence-corrected chi connectivity index (χ0v) is 16.8. The van der Waals surface area contributed by atoms with Gasteiger partial charge in [-0.2, -0.15) is 0 Å². The number of carboxylic acids is 1. The average Bonchev–Trinajstić information content (AvgIpc) is 3.56. The molecule has 0 radical (unpaired) electrons. The number of hydrogen-bond donors (Lipinski definition) is 3. The lowest BCUT2D eigenvalue weighted by atomic mass is 10.1. The van der Waals surface area contributed by atoms with Gasteiger partial charge in [-0.3, -0.25) is 9.80 Å². The van der Waals surface area contributed by atoms with Crippen molar-refractivity contribution in [2.24, 2.45) is 17.5 Å². The van der Waals surface area contributed by atoms with E-state index in [2.05, 4.69) is 0 Å². The first-order valence-corrected chi connectivity index (χ1v) is 9.76. The number of allylic oxidation sites excluding steroid dienone is 2. The first-order valence-electron chi connectivity index (χ1n) is 9.76. The lowest BCUT2D eigenvalue weighted by Gasteiger charge is -2.24. The van der Waals surface area contributed by atoms with Crippen LogP contribution in [0.2, 0.25) is 0 Å². The van der Waals surface area contributed by atoms with Crippen molar-refractivity contribution in [3.05, 3.63) is 76.9 Å². The predicted molar refractivity (Wildman–Crippen MR) is 115 cm³/mol. The van der Waals surface area contributed by atoms with Crippen LogP contribution in [0.3, 0.4) is 0 Å². The fourth-order valence-electron chi connectivity index (χ4n) is 3.24. The number of carboxylic acid groups (broad SMARTS) is 1. The van der Waals surface area contributed by atoms with Crippen molar-refractivity contribution in [3.63, 3.8) is 0 Å². The van der Waals surface area contributed by atoms with Crippen LogP contribution in [0.1, 0.15) is 30.4 Å². The molecule has 3 rings (SSSR count). The molecule has 158 valence electrons. The first-order chi connectivity index (χ1) is 14.4. The Morgan fingerprint density at radius 3 is 2.73 bits per heavy atom. The fourth-order valence-corrected chi connectivity index (χ4v) is 3.24. The second-order valence-electron chi connectivity index (χ2n) is 7.27. The van der Waals surface area contributed by atoms with Crippen molar-refractivity contribution in [1.82, 2.24) is 0 Å². The standard InChI is InChI=1S/C23H26FN3O3/c1-30-18-9-10-19(24)21(14-18)27(26)23(17-7-8-17)20(25)11-5-15-3-2-4-16(13-15)6-12-22(28)29/h2-5,9-11,13-14,17H,6-8,12,25-26H2,1H3,(H,28,29)/b11-5+,23-20-. The average molecular weight is 411 g/mol. The molecule has 7 heteroatoms. The molecule has 1 aliphatic carbocycles. The normalized spacial score (nSPS) is 14.5. The summed E-state index contributed by atoms with van der Waals surface area (Å²) in [6.07, 6.45) is 6.01. The number of aryl methyl sites for hydroxylation is 1. The zero-order chi connectivity index (χ0) is 21.7. The summed E-state index contributed by atoms with van der Waals surface area (Å²) in [6.45, 7) is 0. The largest absolute Gasteiger partial charge is 0.497 e. The van der Waals surface area contributed by atoms with Gasteiger partial charge in [0.05, 0.1) is 24.2 Å². The van der Waals surface area contributed by atoms with Gasteiger partial charge in [-0.1, -0.05) is 30.3 Å². The molecular formula is C23H26FN3O3. The number of ether oxygens (including phenoxy) is 1. The SMILES string of the molecule is COc1ccc(F)c(N(N)/C(=C(N)/C=C/c2cccc(CCC(=O)O)c2)C2CC2)c1. The van der Waals surface area contributed by atoms with Crippen LogP contribution in [0, 0.1) is 11.7 Å². The molecule has 0 aromatic heterocycles. The van der Waals surface area contributed by atoms with Gasteiger partial charge >= 0.3 is 5.97 Å². The monoisotopic (exact) mass is 411 g/mol. The number of benzene rings is 2. The van der Waals surface area contributed by atoms with E-state index in [1.54, 1.807) is 12.1 Å². The van der Waals surface area contributed by atoms with Gasteiger partial charge in [-0.15, -0.1) is 0 Å². The van der Waals surface area contributed by atoms with Crippen LogP contribution >= 0.6 is 0 Å². The Balaban J connectivity index is 1.85. The summed E-state index contributed by atoms with van der Waals surface area (Å²) >= 11 is 0. The van der Waals surface area contributed by atoms with Crippen molar-refractivity contribution in [3.8, 4) is 5.75 Å². The molecule has 0 aliphatic heterocycles. The van der Waals surface area contributed by atoms with Gasteiger partial charge in [-0.05, 0) is 48.6 Å². The number of aliphatic carboxylic acids is 1. The summed E-state index contributed by atoms with van der Waals surface area (Å²) in [5.74, 6) is 5.67. The van der Waals surface area contributed by atoms with E-state index in [-0.39, 0.29) is 18.0 Å². The van der Waals surface area contributed by atoms with Crippen molar-refractivity contribution >= 4 is 17.7 Å². The van der Waals surface area contributed by atoms with E-state index in [1.165, 1.54) is 24.3 Å². The third-order valence-corrected chi connectivity index (χ3v) is 4.97. The highest BCUT2D eigenvalue weighted by atomic mass is 19.1. The van der Waals surface area contributed by atoms with Crippen LogP contribution in [0.25, 0.3) is 6.08 Å². The van der Waals surface area contributed by atoms with Crippen molar-refractivity contribution in [2.45, 2.75) is 25.7 Å². The van der Waals surface area contributed by atoms with Gasteiger partial charge in [-0.25, -0.2) is 10.2 Å². The Kier molecular flexibility index (Phi) is 6.74. The first kappa shape index (κ1) is 21.4. The van der Waals surface area contributed by atoms with E-state index in [0.717, 1.165) is 24.0 Å². The molecule has 5 N–H and O–H groups in total. The van der Waals surface area contributed by atoms with E-state index in [1.807, 2.05) is 30.3 Å². The topological polar surface area (TPSA) is 102 Å². The highest BCUT2D eigenvalue weighted by molar-refractivity contribution is 5.67. The van der Waals surface area contributed by atoms with E-state index in [4.69, 9.17) is 21.4 Å². The Morgan fingerprint density at radius 2 is 2.07 bits per heavy atom. The van der Waals surface area contributed by atoms with Gasteiger partial charge in [0.25, 0.3) is 0 Å². The fraction of sp³-hybridized carbons (Fsp3) is 0.261. The molecule has 6 nitrogen and oxygen atoms in total. The highest BCUT2D eigenvalue weighted by Gasteiger charge is 2.32. The summed E-state index contributed by atoms with van der Waals surface area (Å²) in [4.78, 5) is 10.8. The summed E-state index contributed by atoms with van der Waals surface area (Å²) in [5.41, 5.74) is 9.49. The molecule has 1 fully saturated rings. The second kappa shape index (κ2) is 9.45. The molecule has 0 unspecified atom stereocenters. The Morgan fingerprint density at radius 1 is 1.30 bits per heavy atom. The van der Waals surface area contributed by atoms with E-state index >= 15 is 0 Å².